The van der Waals surface area contributed by atoms with E-state index in [9.17, 15) is 4.79 Å². The fraction of sp³-hybridized carbons (Fsp3) is 0.154. The van der Waals surface area contributed by atoms with Gasteiger partial charge in [-0.25, -0.2) is 0 Å². The highest BCUT2D eigenvalue weighted by Gasteiger charge is 2.09. The van der Waals surface area contributed by atoms with Gasteiger partial charge in [-0.3, -0.25) is 14.8 Å². The number of hydrogen-bond acceptors (Lipinski definition) is 4. The second kappa shape index (κ2) is 5.27. The number of nitrogens with zero attached hydrogens (tertiary/aromatic N) is 2. The summed E-state index contributed by atoms with van der Waals surface area (Å²) in [6, 6.07) is 5.41. The summed E-state index contributed by atoms with van der Waals surface area (Å²) in [6.07, 6.45) is 4.71. The molecule has 0 fully saturated rings. The van der Waals surface area contributed by atoms with Crippen molar-refractivity contribution in [2.75, 3.05) is 5.73 Å². The SMILES string of the molecule is Cc1cccnc1CNC(=O)c1cnccc1N. The molecule has 0 saturated heterocycles. The number of anilines is 1. The Morgan fingerprint density at radius 2 is 2.22 bits per heavy atom. The molecule has 0 radical (unpaired) electrons. The zero-order chi connectivity index (χ0) is 13.0. The van der Waals surface area contributed by atoms with Crippen LogP contribution in [0.25, 0.3) is 0 Å². The van der Waals surface area contributed by atoms with Crippen LogP contribution in [0.3, 0.4) is 0 Å². The minimum Gasteiger partial charge on any atom is -0.398 e. The van der Waals surface area contributed by atoms with Gasteiger partial charge in [-0.05, 0) is 24.6 Å². The lowest BCUT2D eigenvalue weighted by Crippen LogP contribution is -2.24. The van der Waals surface area contributed by atoms with Crippen molar-refractivity contribution in [1.82, 2.24) is 15.3 Å². The van der Waals surface area contributed by atoms with Crippen LogP contribution in [0.15, 0.2) is 36.8 Å². The summed E-state index contributed by atoms with van der Waals surface area (Å²) < 4.78 is 0. The van der Waals surface area contributed by atoms with Crippen LogP contribution >= 0.6 is 0 Å². The van der Waals surface area contributed by atoms with Crippen LogP contribution in [0.4, 0.5) is 5.69 Å². The van der Waals surface area contributed by atoms with E-state index >= 15 is 0 Å². The molecule has 0 aromatic carbocycles. The third-order valence-electron chi connectivity index (χ3n) is 2.63. The molecule has 5 nitrogen and oxygen atoms in total. The number of pyridine rings is 2. The van der Waals surface area contributed by atoms with Crippen molar-refractivity contribution in [3.05, 3.63) is 53.6 Å². The molecule has 0 spiro atoms. The molecule has 2 aromatic heterocycles. The van der Waals surface area contributed by atoms with Crippen LogP contribution in [0, 0.1) is 6.92 Å². The lowest BCUT2D eigenvalue weighted by molar-refractivity contribution is 0.0951. The Balaban J connectivity index is 2.06. The molecule has 5 heteroatoms. The maximum absolute atomic E-state index is 11.9. The Hall–Kier alpha value is -2.43. The molecule has 2 heterocycles. The van der Waals surface area contributed by atoms with Crippen LogP contribution in [0.5, 0.6) is 0 Å². The number of carbonyl (C=O) groups excluding carboxylic acids is 1. The number of nitrogens with one attached hydrogen (secondary N) is 1. The molecule has 0 saturated carbocycles. The fourth-order valence-electron chi connectivity index (χ4n) is 1.56. The van der Waals surface area contributed by atoms with Gasteiger partial charge in [0.25, 0.3) is 5.91 Å². The highest BCUT2D eigenvalue weighted by molar-refractivity contribution is 5.98. The first-order valence-electron chi connectivity index (χ1n) is 5.56. The molecule has 92 valence electrons. The van der Waals surface area contributed by atoms with Crippen molar-refractivity contribution in [1.29, 1.82) is 0 Å². The minimum absolute atomic E-state index is 0.245. The van der Waals surface area contributed by atoms with Gasteiger partial charge >= 0.3 is 0 Å². The van der Waals surface area contributed by atoms with E-state index in [0.717, 1.165) is 11.3 Å². The topological polar surface area (TPSA) is 80.9 Å². The van der Waals surface area contributed by atoms with Crippen molar-refractivity contribution in [3.8, 4) is 0 Å². The maximum atomic E-state index is 11.9. The first kappa shape index (κ1) is 12.0. The van der Waals surface area contributed by atoms with Crippen molar-refractivity contribution < 1.29 is 4.79 Å². The minimum atomic E-state index is -0.245. The van der Waals surface area contributed by atoms with Gasteiger partial charge in [0.1, 0.15) is 0 Å². The number of nitrogens with two attached hydrogens (primary N) is 1. The van der Waals surface area contributed by atoms with Crippen LogP contribution in [0.2, 0.25) is 0 Å². The molecule has 0 aliphatic heterocycles. The number of hydrogen-bond donors (Lipinski definition) is 2. The number of amides is 1. The number of rotatable bonds is 3. The molecular formula is C13H14N4O. The Labute approximate surface area is 105 Å². The van der Waals surface area contributed by atoms with Gasteiger partial charge in [0.2, 0.25) is 0 Å². The van der Waals surface area contributed by atoms with Gasteiger partial charge < -0.3 is 11.1 Å². The monoisotopic (exact) mass is 242 g/mol. The molecule has 0 bridgehead atoms. The fourth-order valence-corrected chi connectivity index (χ4v) is 1.56. The summed E-state index contributed by atoms with van der Waals surface area (Å²) in [5, 5.41) is 2.78. The summed E-state index contributed by atoms with van der Waals surface area (Å²) in [5.41, 5.74) is 8.38. The van der Waals surface area contributed by atoms with Gasteiger partial charge in [-0.1, -0.05) is 6.07 Å². The first-order chi connectivity index (χ1) is 8.68. The number of carbonyl (C=O) groups is 1. The highest BCUT2D eigenvalue weighted by atomic mass is 16.1. The van der Waals surface area contributed by atoms with E-state index in [1.165, 1.54) is 6.20 Å². The second-order valence-corrected chi connectivity index (χ2v) is 3.91. The number of aromatic nitrogens is 2. The van der Waals surface area contributed by atoms with Crippen LogP contribution in [-0.4, -0.2) is 15.9 Å². The van der Waals surface area contributed by atoms with E-state index in [-0.39, 0.29) is 5.91 Å². The summed E-state index contributed by atoms with van der Waals surface area (Å²) >= 11 is 0. The molecule has 1 amide bonds. The van der Waals surface area contributed by atoms with Gasteiger partial charge in [0.05, 0.1) is 17.8 Å². The molecule has 0 atom stereocenters. The van der Waals surface area contributed by atoms with E-state index in [2.05, 4.69) is 15.3 Å². The standard InChI is InChI=1S/C13H14N4O/c1-9-3-2-5-16-12(9)8-17-13(18)10-7-15-6-4-11(10)14/h2-7H,8H2,1H3,(H2,14,15)(H,17,18). The van der Waals surface area contributed by atoms with Crippen molar-refractivity contribution in [2.24, 2.45) is 0 Å². The normalized spacial score (nSPS) is 10.1. The predicted molar refractivity (Wildman–Crippen MR) is 68.8 cm³/mol. The van der Waals surface area contributed by atoms with Gasteiger partial charge in [-0.15, -0.1) is 0 Å². The molecule has 3 N–H and O–H groups in total. The van der Waals surface area contributed by atoms with Crippen molar-refractivity contribution in [3.63, 3.8) is 0 Å². The summed E-state index contributed by atoms with van der Waals surface area (Å²) in [7, 11) is 0. The molecule has 2 aromatic rings. The number of nitrogen functional groups attached to an aromatic ring is 1. The largest absolute Gasteiger partial charge is 0.398 e. The Bertz CT molecular complexity index is 568. The smallest absolute Gasteiger partial charge is 0.255 e. The average molecular weight is 242 g/mol. The van der Waals surface area contributed by atoms with E-state index in [0.29, 0.717) is 17.8 Å². The molecule has 0 unspecified atom stereocenters. The van der Waals surface area contributed by atoms with Gasteiger partial charge in [-0.2, -0.15) is 0 Å². The molecule has 18 heavy (non-hydrogen) atoms. The van der Waals surface area contributed by atoms with E-state index in [4.69, 9.17) is 5.73 Å². The van der Waals surface area contributed by atoms with Crippen LogP contribution in [0.1, 0.15) is 21.6 Å². The van der Waals surface area contributed by atoms with Crippen LogP contribution < -0.4 is 11.1 Å². The van der Waals surface area contributed by atoms with Crippen LogP contribution in [-0.2, 0) is 6.54 Å². The third kappa shape index (κ3) is 2.63. The molecular weight excluding hydrogens is 228 g/mol. The molecule has 0 aliphatic rings. The predicted octanol–water partition coefficient (Wildman–Crippen LogP) is 1.30. The third-order valence-corrected chi connectivity index (χ3v) is 2.63. The second-order valence-electron chi connectivity index (χ2n) is 3.91. The van der Waals surface area contributed by atoms with Gasteiger partial charge in [0, 0.05) is 24.3 Å². The number of aryl methyl sites for hydroxylation is 1. The Morgan fingerprint density at radius 1 is 1.39 bits per heavy atom. The van der Waals surface area contributed by atoms with Crippen molar-refractivity contribution in [2.45, 2.75) is 13.5 Å². The average Bonchev–Trinajstić information content (AvgIpc) is 2.38. The van der Waals surface area contributed by atoms with E-state index < -0.39 is 0 Å². The zero-order valence-electron chi connectivity index (χ0n) is 10.1. The Kier molecular flexibility index (Phi) is 3.52. The van der Waals surface area contributed by atoms with E-state index in [1.54, 1.807) is 18.5 Å². The maximum Gasteiger partial charge on any atom is 0.255 e. The lowest BCUT2D eigenvalue weighted by atomic mass is 10.2. The zero-order valence-corrected chi connectivity index (χ0v) is 10.1. The molecule has 2 rings (SSSR count). The quantitative estimate of drug-likeness (QED) is 0.850. The van der Waals surface area contributed by atoms with Crippen molar-refractivity contribution >= 4 is 11.6 Å². The first-order valence-corrected chi connectivity index (χ1v) is 5.56. The highest BCUT2D eigenvalue weighted by Crippen LogP contribution is 2.09. The summed E-state index contributed by atoms with van der Waals surface area (Å²) in [6.45, 7) is 2.33. The summed E-state index contributed by atoms with van der Waals surface area (Å²) in [4.78, 5) is 20.0. The lowest BCUT2D eigenvalue weighted by Gasteiger charge is -2.08. The van der Waals surface area contributed by atoms with Gasteiger partial charge in [0.15, 0.2) is 0 Å². The molecule has 0 aliphatic carbocycles. The Morgan fingerprint density at radius 3 is 2.94 bits per heavy atom. The summed E-state index contributed by atoms with van der Waals surface area (Å²) in [5.74, 6) is -0.245. The van der Waals surface area contributed by atoms with E-state index in [1.807, 2.05) is 19.1 Å².